The maximum Gasteiger partial charge on any atom is 0.181 e. The minimum absolute atomic E-state index is 0.682. The Morgan fingerprint density at radius 3 is 2.73 bits per heavy atom. The Labute approximate surface area is 106 Å². The average molecular weight is 304 g/mol. The number of benzene rings is 1. The van der Waals surface area contributed by atoms with E-state index in [2.05, 4.69) is 20.9 Å². The predicted molar refractivity (Wildman–Crippen MR) is 68.4 cm³/mol. The molecule has 15 heavy (non-hydrogen) atoms. The quantitative estimate of drug-likeness (QED) is 0.781. The van der Waals surface area contributed by atoms with E-state index in [-0.39, 0.29) is 0 Å². The number of aromatic nitrogens is 2. The number of nitrogens with one attached hydrogen (secondary N) is 1. The van der Waals surface area contributed by atoms with Gasteiger partial charge in [-0.2, -0.15) is 0 Å². The van der Waals surface area contributed by atoms with E-state index in [1.807, 2.05) is 35.9 Å². The lowest BCUT2D eigenvalue weighted by atomic mass is 10.3. The second kappa shape index (κ2) is 4.12. The molecule has 0 bridgehead atoms. The number of aromatic amines is 1. The molecule has 0 aliphatic rings. The first-order valence-electron chi connectivity index (χ1n) is 4.31. The van der Waals surface area contributed by atoms with Crippen LogP contribution in [0.2, 0.25) is 5.02 Å². The molecule has 5 heteroatoms. The first kappa shape index (κ1) is 10.9. The van der Waals surface area contributed by atoms with Crippen LogP contribution in [0.3, 0.4) is 0 Å². The topological polar surface area (TPSA) is 20.7 Å². The number of halogens is 2. The van der Waals surface area contributed by atoms with Crippen molar-refractivity contribution in [2.45, 2.75) is 6.92 Å². The van der Waals surface area contributed by atoms with Crippen molar-refractivity contribution >= 4 is 39.7 Å². The first-order chi connectivity index (χ1) is 7.08. The number of hydrogen-bond acceptors (Lipinski definition) is 1. The zero-order chi connectivity index (χ0) is 11.0. The lowest BCUT2D eigenvalue weighted by molar-refractivity contribution is 1.03. The van der Waals surface area contributed by atoms with Gasteiger partial charge in [0.25, 0.3) is 0 Å². The van der Waals surface area contributed by atoms with Gasteiger partial charge >= 0.3 is 0 Å². The molecule has 1 aromatic heterocycles. The summed E-state index contributed by atoms with van der Waals surface area (Å²) in [6.45, 7) is 1.97. The van der Waals surface area contributed by atoms with Crippen molar-refractivity contribution in [3.8, 4) is 5.69 Å². The van der Waals surface area contributed by atoms with Gasteiger partial charge in [-0.3, -0.25) is 4.57 Å². The van der Waals surface area contributed by atoms with Crippen molar-refractivity contribution in [1.29, 1.82) is 0 Å². The molecule has 0 atom stereocenters. The monoisotopic (exact) mass is 302 g/mol. The largest absolute Gasteiger partial charge is 0.335 e. The molecule has 0 unspecified atom stereocenters. The van der Waals surface area contributed by atoms with Gasteiger partial charge in [0.05, 0.1) is 5.02 Å². The molecule has 0 aliphatic heterocycles. The van der Waals surface area contributed by atoms with Gasteiger partial charge in [-0.1, -0.05) is 11.6 Å². The number of rotatable bonds is 1. The average Bonchev–Trinajstić information content (AvgIpc) is 2.50. The highest BCUT2D eigenvalue weighted by Crippen LogP contribution is 2.25. The van der Waals surface area contributed by atoms with Crippen LogP contribution in [0.25, 0.3) is 5.69 Å². The van der Waals surface area contributed by atoms with Gasteiger partial charge in [-0.25, -0.2) is 0 Å². The molecular formula is C10H8BrClN2S. The molecule has 2 aromatic rings. The van der Waals surface area contributed by atoms with Crippen LogP contribution in [0, 0.1) is 11.7 Å². The highest BCUT2D eigenvalue weighted by Gasteiger charge is 2.02. The van der Waals surface area contributed by atoms with Crippen molar-refractivity contribution < 1.29 is 0 Å². The molecule has 2 nitrogen and oxygen atoms in total. The van der Waals surface area contributed by atoms with Gasteiger partial charge in [0.15, 0.2) is 4.77 Å². The Bertz CT molecular complexity index is 559. The lowest BCUT2D eigenvalue weighted by Gasteiger charge is -2.03. The molecule has 0 radical (unpaired) electrons. The van der Waals surface area contributed by atoms with Crippen LogP contribution in [-0.4, -0.2) is 9.55 Å². The molecule has 0 saturated heterocycles. The fourth-order valence-corrected chi connectivity index (χ4v) is 2.14. The fraction of sp³-hybridized carbons (Fsp3) is 0.100. The summed E-state index contributed by atoms with van der Waals surface area (Å²) < 4.78 is 3.45. The summed E-state index contributed by atoms with van der Waals surface area (Å²) in [6, 6.07) is 5.70. The third kappa shape index (κ3) is 2.17. The second-order valence-corrected chi connectivity index (χ2v) is 4.86. The van der Waals surface area contributed by atoms with Gasteiger partial charge in [0.2, 0.25) is 0 Å². The van der Waals surface area contributed by atoms with Crippen molar-refractivity contribution in [2.24, 2.45) is 0 Å². The predicted octanol–water partition coefficient (Wildman–Crippen LogP) is 4.26. The summed E-state index contributed by atoms with van der Waals surface area (Å²) in [6.07, 6.45) is 1.96. The Morgan fingerprint density at radius 2 is 2.20 bits per heavy atom. The van der Waals surface area contributed by atoms with E-state index < -0.39 is 0 Å². The molecule has 0 saturated carbocycles. The molecule has 0 fully saturated rings. The Hall–Kier alpha value is -0.580. The number of nitrogens with zero attached hydrogens (tertiary/aromatic N) is 1. The Balaban J connectivity index is 2.59. The van der Waals surface area contributed by atoms with E-state index in [0.29, 0.717) is 9.79 Å². The van der Waals surface area contributed by atoms with Gasteiger partial charge in [0, 0.05) is 22.1 Å². The lowest BCUT2D eigenvalue weighted by Crippen LogP contribution is -1.91. The first-order valence-corrected chi connectivity index (χ1v) is 5.89. The van der Waals surface area contributed by atoms with Crippen LogP contribution in [0.1, 0.15) is 5.69 Å². The van der Waals surface area contributed by atoms with Crippen molar-refractivity contribution in [3.05, 3.63) is 44.4 Å². The van der Waals surface area contributed by atoms with E-state index in [1.54, 1.807) is 0 Å². The van der Waals surface area contributed by atoms with E-state index in [0.717, 1.165) is 15.9 Å². The van der Waals surface area contributed by atoms with Crippen molar-refractivity contribution in [3.63, 3.8) is 0 Å². The third-order valence-electron chi connectivity index (χ3n) is 2.03. The SMILES string of the molecule is Cc1cn(-c2ccc(Cl)c(Br)c2)c(=S)[nH]1. The van der Waals surface area contributed by atoms with Crippen LogP contribution in [-0.2, 0) is 0 Å². The summed E-state index contributed by atoms with van der Waals surface area (Å²) in [5.74, 6) is 0. The smallest absolute Gasteiger partial charge is 0.181 e. The van der Waals surface area contributed by atoms with Crippen molar-refractivity contribution in [2.75, 3.05) is 0 Å². The molecule has 78 valence electrons. The Kier molecular flexibility index (Phi) is 3.00. The molecule has 0 aliphatic carbocycles. The summed E-state index contributed by atoms with van der Waals surface area (Å²) >= 11 is 14.5. The molecule has 2 rings (SSSR count). The summed E-state index contributed by atoms with van der Waals surface area (Å²) in [5.41, 5.74) is 2.02. The maximum absolute atomic E-state index is 5.92. The highest BCUT2D eigenvalue weighted by atomic mass is 79.9. The number of aryl methyl sites for hydroxylation is 1. The van der Waals surface area contributed by atoms with Crippen LogP contribution in [0.4, 0.5) is 0 Å². The summed E-state index contributed by atoms with van der Waals surface area (Å²) in [4.78, 5) is 3.07. The summed E-state index contributed by atoms with van der Waals surface area (Å²) in [5, 5.41) is 0.692. The van der Waals surface area contributed by atoms with Gasteiger partial charge in [-0.15, -0.1) is 0 Å². The minimum Gasteiger partial charge on any atom is -0.335 e. The Morgan fingerprint density at radius 1 is 1.47 bits per heavy atom. The number of hydrogen-bond donors (Lipinski definition) is 1. The van der Waals surface area contributed by atoms with Crippen LogP contribution in [0.15, 0.2) is 28.9 Å². The molecular weight excluding hydrogens is 296 g/mol. The molecule has 1 heterocycles. The second-order valence-electron chi connectivity index (χ2n) is 3.21. The van der Waals surface area contributed by atoms with Gasteiger partial charge in [-0.05, 0) is 53.3 Å². The molecule has 0 spiro atoms. The third-order valence-corrected chi connectivity index (χ3v) is 3.54. The molecule has 0 amide bonds. The fourth-order valence-electron chi connectivity index (χ4n) is 1.34. The normalized spacial score (nSPS) is 10.6. The van der Waals surface area contributed by atoms with Crippen LogP contribution in [0.5, 0.6) is 0 Å². The van der Waals surface area contributed by atoms with E-state index >= 15 is 0 Å². The maximum atomic E-state index is 5.92. The summed E-state index contributed by atoms with van der Waals surface area (Å²) in [7, 11) is 0. The standard InChI is InChI=1S/C10H8BrClN2S/c1-6-5-14(10(15)13-6)7-2-3-9(12)8(11)4-7/h2-5H,1H3,(H,13,15). The number of H-pyrrole nitrogens is 1. The van der Waals surface area contributed by atoms with Crippen molar-refractivity contribution in [1.82, 2.24) is 9.55 Å². The zero-order valence-electron chi connectivity index (χ0n) is 7.92. The molecule has 1 aromatic carbocycles. The van der Waals surface area contributed by atoms with E-state index in [4.69, 9.17) is 23.8 Å². The minimum atomic E-state index is 0.682. The van der Waals surface area contributed by atoms with E-state index in [1.165, 1.54) is 0 Å². The van der Waals surface area contributed by atoms with Crippen LogP contribution >= 0.6 is 39.7 Å². The van der Waals surface area contributed by atoms with Gasteiger partial charge in [0.1, 0.15) is 0 Å². The highest BCUT2D eigenvalue weighted by molar-refractivity contribution is 9.10. The number of imidazole rings is 1. The molecule has 1 N–H and O–H groups in total. The van der Waals surface area contributed by atoms with Crippen LogP contribution < -0.4 is 0 Å². The zero-order valence-corrected chi connectivity index (χ0v) is 11.1. The van der Waals surface area contributed by atoms with Gasteiger partial charge < -0.3 is 4.98 Å². The van der Waals surface area contributed by atoms with E-state index in [9.17, 15) is 0 Å².